The summed E-state index contributed by atoms with van der Waals surface area (Å²) in [7, 11) is 0. The maximum Gasteiger partial charge on any atom is 0.255 e. The van der Waals surface area contributed by atoms with Crippen molar-refractivity contribution in [3.8, 4) is 0 Å². The summed E-state index contributed by atoms with van der Waals surface area (Å²) in [5.74, 6) is -1.39. The van der Waals surface area contributed by atoms with E-state index in [1.165, 1.54) is 0 Å². The van der Waals surface area contributed by atoms with Gasteiger partial charge in [0.1, 0.15) is 6.04 Å². The summed E-state index contributed by atoms with van der Waals surface area (Å²) >= 11 is 0. The zero-order chi connectivity index (χ0) is 16.3. The highest BCUT2D eigenvalue weighted by molar-refractivity contribution is 6.06. The number of amides is 3. The predicted octanol–water partition coefficient (Wildman–Crippen LogP) is 1.58. The van der Waals surface area contributed by atoms with E-state index >= 15 is 0 Å². The average molecular weight is 304 g/mol. The van der Waals surface area contributed by atoms with E-state index in [1.807, 2.05) is 44.2 Å². The Bertz CT molecular complexity index is 571. The summed E-state index contributed by atoms with van der Waals surface area (Å²) in [4.78, 5) is 37.2. The topological polar surface area (TPSA) is 77.9 Å². The van der Waals surface area contributed by atoms with Gasteiger partial charge < -0.3 is 0 Å². The van der Waals surface area contributed by atoms with Crippen molar-refractivity contribution >= 4 is 17.7 Å². The van der Waals surface area contributed by atoms with Gasteiger partial charge in [0.15, 0.2) is 0 Å². The SMILES string of the molecule is CC(C)CC(=O)N(O)C1CC(=O)N(Cc2ccccc2)C1=O. The van der Waals surface area contributed by atoms with Crippen LogP contribution in [0.3, 0.4) is 0 Å². The molecule has 0 saturated carbocycles. The third kappa shape index (κ3) is 3.51. The quantitative estimate of drug-likeness (QED) is 0.509. The largest absolute Gasteiger partial charge is 0.285 e. The van der Waals surface area contributed by atoms with Crippen LogP contribution in [-0.2, 0) is 20.9 Å². The van der Waals surface area contributed by atoms with Gasteiger partial charge in [-0.25, -0.2) is 5.06 Å². The van der Waals surface area contributed by atoms with Crippen molar-refractivity contribution in [2.24, 2.45) is 5.92 Å². The third-order valence-corrected chi connectivity index (χ3v) is 3.54. The Morgan fingerprint density at radius 3 is 2.55 bits per heavy atom. The van der Waals surface area contributed by atoms with Crippen LogP contribution in [0.15, 0.2) is 30.3 Å². The molecule has 0 aromatic heterocycles. The molecular formula is C16H20N2O4. The minimum Gasteiger partial charge on any atom is -0.285 e. The normalized spacial score (nSPS) is 18.2. The molecule has 1 aliphatic heterocycles. The number of hydrogen-bond donors (Lipinski definition) is 1. The van der Waals surface area contributed by atoms with Crippen molar-refractivity contribution in [3.63, 3.8) is 0 Å². The summed E-state index contributed by atoms with van der Waals surface area (Å²) in [6, 6.07) is 8.01. The molecule has 1 atom stereocenters. The van der Waals surface area contributed by atoms with E-state index in [0.29, 0.717) is 5.06 Å². The molecule has 118 valence electrons. The number of carbonyl (C=O) groups is 3. The molecule has 3 amide bonds. The summed E-state index contributed by atoms with van der Waals surface area (Å²) in [6.45, 7) is 3.84. The Morgan fingerprint density at radius 1 is 1.32 bits per heavy atom. The molecule has 1 aromatic carbocycles. The van der Waals surface area contributed by atoms with Gasteiger partial charge in [-0.15, -0.1) is 0 Å². The van der Waals surface area contributed by atoms with Gasteiger partial charge in [-0.05, 0) is 11.5 Å². The first-order chi connectivity index (χ1) is 10.4. The van der Waals surface area contributed by atoms with Crippen LogP contribution in [0.1, 0.15) is 32.3 Å². The first-order valence-electron chi connectivity index (χ1n) is 7.29. The maximum atomic E-state index is 12.3. The Morgan fingerprint density at radius 2 is 1.95 bits per heavy atom. The van der Waals surface area contributed by atoms with Gasteiger partial charge in [0.2, 0.25) is 11.8 Å². The number of carbonyl (C=O) groups excluding carboxylic acids is 3. The fourth-order valence-electron chi connectivity index (χ4n) is 2.41. The van der Waals surface area contributed by atoms with Gasteiger partial charge >= 0.3 is 0 Å². The molecule has 0 bridgehead atoms. The third-order valence-electron chi connectivity index (χ3n) is 3.54. The monoisotopic (exact) mass is 304 g/mol. The lowest BCUT2D eigenvalue weighted by atomic mass is 10.1. The van der Waals surface area contributed by atoms with E-state index in [9.17, 15) is 19.6 Å². The van der Waals surface area contributed by atoms with Crippen molar-refractivity contribution < 1.29 is 19.6 Å². The second-order valence-electron chi connectivity index (χ2n) is 5.86. The summed E-state index contributed by atoms with van der Waals surface area (Å²) in [5.41, 5.74) is 0.822. The Kier molecular flexibility index (Phi) is 4.92. The van der Waals surface area contributed by atoms with E-state index in [-0.39, 0.29) is 31.2 Å². The van der Waals surface area contributed by atoms with E-state index in [0.717, 1.165) is 10.5 Å². The molecule has 0 radical (unpaired) electrons. The fourth-order valence-corrected chi connectivity index (χ4v) is 2.41. The molecule has 1 fully saturated rings. The fraction of sp³-hybridized carbons (Fsp3) is 0.438. The second kappa shape index (κ2) is 6.70. The molecule has 6 heteroatoms. The van der Waals surface area contributed by atoms with Crippen molar-refractivity contribution in [2.75, 3.05) is 0 Å². The highest BCUT2D eigenvalue weighted by Crippen LogP contribution is 2.21. The highest BCUT2D eigenvalue weighted by atomic mass is 16.5. The van der Waals surface area contributed by atoms with Crippen molar-refractivity contribution in [1.29, 1.82) is 0 Å². The lowest BCUT2D eigenvalue weighted by Crippen LogP contribution is -2.43. The lowest BCUT2D eigenvalue weighted by molar-refractivity contribution is -0.180. The Balaban J connectivity index is 2.06. The maximum absolute atomic E-state index is 12.3. The summed E-state index contributed by atoms with van der Waals surface area (Å²) < 4.78 is 0. The molecule has 1 aromatic rings. The van der Waals surface area contributed by atoms with Crippen molar-refractivity contribution in [3.05, 3.63) is 35.9 Å². The van der Waals surface area contributed by atoms with Gasteiger partial charge in [-0.1, -0.05) is 44.2 Å². The van der Waals surface area contributed by atoms with Crippen LogP contribution >= 0.6 is 0 Å². The standard InChI is InChI=1S/C16H20N2O4/c1-11(2)8-15(20)18(22)13-9-14(19)17(16(13)21)10-12-6-4-3-5-7-12/h3-7,11,13,22H,8-10H2,1-2H3. The molecule has 22 heavy (non-hydrogen) atoms. The van der Waals surface area contributed by atoms with E-state index < -0.39 is 17.9 Å². The summed E-state index contributed by atoms with van der Waals surface area (Å²) in [5, 5.41) is 10.3. The smallest absolute Gasteiger partial charge is 0.255 e. The number of nitrogens with zero attached hydrogens (tertiary/aromatic N) is 2. The van der Waals surface area contributed by atoms with Crippen LogP contribution in [-0.4, -0.2) is 38.9 Å². The van der Waals surface area contributed by atoms with Crippen molar-refractivity contribution in [2.45, 2.75) is 39.3 Å². The van der Waals surface area contributed by atoms with E-state index in [2.05, 4.69) is 0 Å². The Hall–Kier alpha value is -2.21. The van der Waals surface area contributed by atoms with Crippen molar-refractivity contribution in [1.82, 2.24) is 9.96 Å². The lowest BCUT2D eigenvalue weighted by Gasteiger charge is -2.21. The zero-order valence-corrected chi connectivity index (χ0v) is 12.7. The van der Waals surface area contributed by atoms with E-state index in [1.54, 1.807) is 0 Å². The molecule has 0 aliphatic carbocycles. The first kappa shape index (κ1) is 16.2. The molecule has 1 N–H and O–H groups in total. The van der Waals surface area contributed by atoms with Crippen LogP contribution in [0.2, 0.25) is 0 Å². The minimum atomic E-state index is -1.11. The molecule has 0 spiro atoms. The number of imide groups is 1. The molecule has 1 aliphatic rings. The molecule has 1 heterocycles. The zero-order valence-electron chi connectivity index (χ0n) is 12.7. The van der Waals surface area contributed by atoms with Crippen LogP contribution in [0.25, 0.3) is 0 Å². The molecule has 1 saturated heterocycles. The van der Waals surface area contributed by atoms with Crippen LogP contribution < -0.4 is 0 Å². The van der Waals surface area contributed by atoms with Gasteiger partial charge in [0, 0.05) is 6.42 Å². The number of likely N-dealkylation sites (tertiary alicyclic amines) is 1. The van der Waals surface area contributed by atoms with Gasteiger partial charge in [-0.2, -0.15) is 0 Å². The van der Waals surface area contributed by atoms with Crippen LogP contribution in [0.4, 0.5) is 0 Å². The van der Waals surface area contributed by atoms with Crippen LogP contribution in [0, 0.1) is 5.92 Å². The number of rotatable bonds is 5. The Labute approximate surface area is 129 Å². The predicted molar refractivity (Wildman–Crippen MR) is 78.5 cm³/mol. The summed E-state index contributed by atoms with van der Waals surface area (Å²) in [6.07, 6.45) is -0.0425. The number of benzene rings is 1. The molecule has 6 nitrogen and oxygen atoms in total. The highest BCUT2D eigenvalue weighted by Gasteiger charge is 2.43. The molecule has 2 rings (SSSR count). The number of hydroxylamine groups is 2. The first-order valence-corrected chi connectivity index (χ1v) is 7.29. The molecule has 1 unspecified atom stereocenters. The second-order valence-corrected chi connectivity index (χ2v) is 5.86. The van der Waals surface area contributed by atoms with E-state index in [4.69, 9.17) is 0 Å². The molecular weight excluding hydrogens is 284 g/mol. The van der Waals surface area contributed by atoms with Crippen LogP contribution in [0.5, 0.6) is 0 Å². The average Bonchev–Trinajstić information content (AvgIpc) is 2.75. The number of hydrogen-bond acceptors (Lipinski definition) is 4. The van der Waals surface area contributed by atoms with Gasteiger partial charge in [-0.3, -0.25) is 24.5 Å². The van der Waals surface area contributed by atoms with Gasteiger partial charge in [0.05, 0.1) is 13.0 Å². The van der Waals surface area contributed by atoms with Gasteiger partial charge in [0.25, 0.3) is 5.91 Å². The minimum absolute atomic E-state index is 0.0646.